The van der Waals surface area contributed by atoms with Gasteiger partial charge in [0.15, 0.2) is 11.6 Å². The Balaban J connectivity index is 2.22. The molecule has 2 atom stereocenters. The largest absolute Gasteiger partial charge is 0.494 e. The molecule has 1 saturated heterocycles. The van der Waals surface area contributed by atoms with E-state index in [1.807, 2.05) is 11.8 Å². The summed E-state index contributed by atoms with van der Waals surface area (Å²) in [5, 5.41) is 3.91. The zero-order valence-corrected chi connectivity index (χ0v) is 11.5. The van der Waals surface area contributed by atoms with Gasteiger partial charge in [-0.1, -0.05) is 6.92 Å². The van der Waals surface area contributed by atoms with Crippen molar-refractivity contribution in [2.75, 3.05) is 24.7 Å². The third-order valence-electron chi connectivity index (χ3n) is 3.60. The first-order valence-corrected chi connectivity index (χ1v) is 7.09. The molecule has 2 unspecified atom stereocenters. The molecule has 1 heterocycles. The van der Waals surface area contributed by atoms with Gasteiger partial charge in [-0.25, -0.2) is 4.39 Å². The summed E-state index contributed by atoms with van der Waals surface area (Å²) in [7, 11) is 1.47. The Bertz CT molecular complexity index is 429. The van der Waals surface area contributed by atoms with Gasteiger partial charge in [-0.2, -0.15) is 11.8 Å². The van der Waals surface area contributed by atoms with E-state index in [1.54, 1.807) is 12.1 Å². The number of nitrogens with two attached hydrogens (primary N) is 1. The molecule has 0 aromatic heterocycles. The molecule has 1 aliphatic rings. The van der Waals surface area contributed by atoms with E-state index in [-0.39, 0.29) is 17.1 Å². The minimum atomic E-state index is -0.348. The fourth-order valence-corrected chi connectivity index (χ4v) is 3.72. The van der Waals surface area contributed by atoms with Crippen molar-refractivity contribution in [2.24, 2.45) is 5.73 Å². The Kier molecular flexibility index (Phi) is 4.02. The summed E-state index contributed by atoms with van der Waals surface area (Å²) < 4.78 is 18.3. The van der Waals surface area contributed by atoms with Gasteiger partial charge >= 0.3 is 0 Å². The monoisotopic (exact) mass is 270 g/mol. The molecular weight excluding hydrogens is 251 g/mol. The number of halogens is 1. The molecule has 18 heavy (non-hydrogen) atoms. The number of rotatable bonds is 4. The van der Waals surface area contributed by atoms with Crippen LogP contribution in [0.5, 0.6) is 5.75 Å². The van der Waals surface area contributed by atoms with Crippen molar-refractivity contribution in [3.63, 3.8) is 0 Å². The Hall–Kier alpha value is -0.940. The van der Waals surface area contributed by atoms with Gasteiger partial charge in [0, 0.05) is 23.5 Å². The van der Waals surface area contributed by atoms with Gasteiger partial charge < -0.3 is 15.8 Å². The molecule has 100 valence electrons. The van der Waals surface area contributed by atoms with E-state index < -0.39 is 0 Å². The van der Waals surface area contributed by atoms with Crippen LogP contribution in [0, 0.1) is 5.82 Å². The minimum absolute atomic E-state index is 0.104. The third kappa shape index (κ3) is 2.42. The van der Waals surface area contributed by atoms with Gasteiger partial charge in [0.25, 0.3) is 0 Å². The van der Waals surface area contributed by atoms with Crippen molar-refractivity contribution >= 4 is 17.4 Å². The van der Waals surface area contributed by atoms with E-state index in [0.29, 0.717) is 11.8 Å². The van der Waals surface area contributed by atoms with E-state index >= 15 is 0 Å². The highest BCUT2D eigenvalue weighted by molar-refractivity contribution is 8.00. The summed E-state index contributed by atoms with van der Waals surface area (Å²) in [6.07, 6.45) is 1.02. The quantitative estimate of drug-likeness (QED) is 0.882. The molecule has 1 fully saturated rings. The van der Waals surface area contributed by atoms with Gasteiger partial charge in [-0.3, -0.25) is 0 Å². The van der Waals surface area contributed by atoms with E-state index in [0.717, 1.165) is 17.9 Å². The molecule has 0 amide bonds. The van der Waals surface area contributed by atoms with Crippen LogP contribution in [0.25, 0.3) is 0 Å². The fourth-order valence-electron chi connectivity index (χ4n) is 2.29. The second-order valence-electron chi connectivity index (χ2n) is 4.60. The molecule has 0 radical (unpaired) electrons. The van der Waals surface area contributed by atoms with Crippen molar-refractivity contribution in [3.05, 3.63) is 24.0 Å². The predicted octanol–water partition coefficient (Wildman–Crippen LogP) is 2.47. The highest BCUT2D eigenvalue weighted by atomic mass is 32.2. The van der Waals surface area contributed by atoms with Crippen LogP contribution in [-0.4, -0.2) is 30.2 Å². The lowest BCUT2D eigenvalue weighted by atomic mass is 9.92. The van der Waals surface area contributed by atoms with Crippen LogP contribution >= 0.6 is 11.8 Å². The highest BCUT2D eigenvalue weighted by Gasteiger charge is 2.39. The standard InChI is InChI=1S/C13H19FN2OS/c1-9-13(8-15,5-6-18-9)16-10-3-4-11(14)12(7-10)17-2/h3-4,7,9,16H,5-6,8,15H2,1-2H3. The minimum Gasteiger partial charge on any atom is -0.494 e. The van der Waals surface area contributed by atoms with Crippen LogP contribution in [0.2, 0.25) is 0 Å². The topological polar surface area (TPSA) is 47.3 Å². The maximum Gasteiger partial charge on any atom is 0.165 e. The summed E-state index contributed by atoms with van der Waals surface area (Å²) in [6.45, 7) is 2.75. The molecule has 0 spiro atoms. The molecule has 0 saturated carbocycles. The predicted molar refractivity (Wildman–Crippen MR) is 74.9 cm³/mol. The molecule has 1 aromatic rings. The van der Waals surface area contributed by atoms with Crippen LogP contribution in [0.3, 0.4) is 0 Å². The lowest BCUT2D eigenvalue weighted by molar-refractivity contribution is 0.386. The van der Waals surface area contributed by atoms with Crippen LogP contribution in [0.4, 0.5) is 10.1 Å². The maximum absolute atomic E-state index is 13.4. The molecule has 1 aromatic carbocycles. The van der Waals surface area contributed by atoms with Crippen LogP contribution in [0.15, 0.2) is 18.2 Å². The van der Waals surface area contributed by atoms with E-state index in [4.69, 9.17) is 10.5 Å². The van der Waals surface area contributed by atoms with Gasteiger partial charge in [-0.15, -0.1) is 0 Å². The zero-order valence-electron chi connectivity index (χ0n) is 10.7. The second kappa shape index (κ2) is 5.36. The molecule has 2 rings (SSSR count). The van der Waals surface area contributed by atoms with Crippen molar-refractivity contribution in [1.82, 2.24) is 0 Å². The fraction of sp³-hybridized carbons (Fsp3) is 0.538. The number of nitrogens with one attached hydrogen (secondary N) is 1. The number of ether oxygens (including phenoxy) is 1. The number of benzene rings is 1. The summed E-state index contributed by atoms with van der Waals surface area (Å²) >= 11 is 1.91. The number of hydrogen-bond acceptors (Lipinski definition) is 4. The SMILES string of the molecule is COc1cc(NC2(CN)CCSC2C)ccc1F. The van der Waals surface area contributed by atoms with Crippen molar-refractivity contribution in [2.45, 2.75) is 24.1 Å². The molecule has 3 N–H and O–H groups in total. The third-order valence-corrected chi connectivity index (χ3v) is 4.99. The first-order chi connectivity index (χ1) is 8.61. The summed E-state index contributed by atoms with van der Waals surface area (Å²) in [5.41, 5.74) is 6.68. The molecule has 3 nitrogen and oxygen atoms in total. The second-order valence-corrected chi connectivity index (χ2v) is 6.05. The van der Waals surface area contributed by atoms with Crippen molar-refractivity contribution < 1.29 is 9.13 Å². The number of thioether (sulfide) groups is 1. The Morgan fingerprint density at radius 1 is 1.61 bits per heavy atom. The van der Waals surface area contributed by atoms with Crippen LogP contribution in [0.1, 0.15) is 13.3 Å². The lowest BCUT2D eigenvalue weighted by Gasteiger charge is -2.34. The van der Waals surface area contributed by atoms with Gasteiger partial charge in [0.2, 0.25) is 0 Å². The van der Waals surface area contributed by atoms with E-state index in [9.17, 15) is 4.39 Å². The normalized spacial score (nSPS) is 27.2. The first kappa shape index (κ1) is 13.5. The lowest BCUT2D eigenvalue weighted by Crippen LogP contribution is -2.49. The van der Waals surface area contributed by atoms with Crippen LogP contribution < -0.4 is 15.8 Å². The highest BCUT2D eigenvalue weighted by Crippen LogP contribution is 2.38. The molecule has 0 aliphatic carbocycles. The first-order valence-electron chi connectivity index (χ1n) is 6.05. The Morgan fingerprint density at radius 2 is 2.39 bits per heavy atom. The summed E-state index contributed by atoms with van der Waals surface area (Å²) in [6, 6.07) is 4.82. The van der Waals surface area contributed by atoms with Gasteiger partial charge in [0.1, 0.15) is 0 Å². The maximum atomic E-state index is 13.4. The number of hydrogen-bond donors (Lipinski definition) is 2. The average molecular weight is 270 g/mol. The number of anilines is 1. The smallest absolute Gasteiger partial charge is 0.165 e. The van der Waals surface area contributed by atoms with Crippen LogP contribution in [-0.2, 0) is 0 Å². The molecule has 1 aliphatic heterocycles. The summed E-state index contributed by atoms with van der Waals surface area (Å²) in [5.74, 6) is 1.01. The molecular formula is C13H19FN2OS. The van der Waals surface area contributed by atoms with Gasteiger partial charge in [-0.05, 0) is 24.3 Å². The Morgan fingerprint density at radius 3 is 2.94 bits per heavy atom. The van der Waals surface area contributed by atoms with E-state index in [1.165, 1.54) is 13.2 Å². The number of methoxy groups -OCH3 is 1. The summed E-state index contributed by atoms with van der Waals surface area (Å²) in [4.78, 5) is 0. The van der Waals surface area contributed by atoms with Crippen molar-refractivity contribution in [1.29, 1.82) is 0 Å². The molecule has 5 heteroatoms. The zero-order chi connectivity index (χ0) is 13.2. The van der Waals surface area contributed by atoms with E-state index in [2.05, 4.69) is 12.2 Å². The Labute approximate surface area is 111 Å². The molecule has 0 bridgehead atoms. The van der Waals surface area contributed by atoms with Gasteiger partial charge in [0.05, 0.1) is 12.6 Å². The van der Waals surface area contributed by atoms with Crippen molar-refractivity contribution in [3.8, 4) is 5.75 Å². The average Bonchev–Trinajstić information content (AvgIpc) is 2.74.